The number of hydrogen-bond donors (Lipinski definition) is 4. The van der Waals surface area contributed by atoms with Crippen LogP contribution >= 0.6 is 0 Å². The number of methoxy groups -OCH3 is 1. The van der Waals surface area contributed by atoms with Gasteiger partial charge >= 0.3 is 0 Å². The Morgan fingerprint density at radius 2 is 2.24 bits per heavy atom. The van der Waals surface area contributed by atoms with Crippen LogP contribution in [0.4, 0.5) is 0 Å². The number of nitrogens with zero attached hydrogens (tertiary/aromatic N) is 1. The SMILES string of the molecule is CCCNC(=O)C(C)NC(=NCCOC)NN. The fourth-order valence-corrected chi connectivity index (χ4v) is 1.05. The Morgan fingerprint density at radius 3 is 2.76 bits per heavy atom. The molecule has 0 bridgehead atoms. The number of aliphatic imine (C=N–C) groups is 1. The molecule has 0 aliphatic rings. The van der Waals surface area contributed by atoms with Crippen LogP contribution in [-0.2, 0) is 9.53 Å². The Kier molecular flexibility index (Phi) is 9.08. The zero-order valence-electron chi connectivity index (χ0n) is 10.7. The number of ether oxygens (including phenoxy) is 1. The Balaban J connectivity index is 4.08. The molecule has 0 saturated carbocycles. The molecule has 0 spiro atoms. The quantitative estimate of drug-likeness (QED) is 0.151. The lowest BCUT2D eigenvalue weighted by atomic mass is 10.3. The molecular weight excluding hydrogens is 222 g/mol. The summed E-state index contributed by atoms with van der Waals surface area (Å²) in [6, 6.07) is -0.390. The van der Waals surface area contributed by atoms with E-state index in [1.54, 1.807) is 14.0 Å². The van der Waals surface area contributed by atoms with Crippen molar-refractivity contribution in [2.45, 2.75) is 26.3 Å². The molecule has 7 nitrogen and oxygen atoms in total. The highest BCUT2D eigenvalue weighted by Gasteiger charge is 2.12. The van der Waals surface area contributed by atoms with Gasteiger partial charge in [-0.1, -0.05) is 6.92 Å². The lowest BCUT2D eigenvalue weighted by molar-refractivity contribution is -0.122. The molecule has 17 heavy (non-hydrogen) atoms. The number of nitrogens with two attached hydrogens (primary N) is 1. The number of rotatable bonds is 7. The summed E-state index contributed by atoms with van der Waals surface area (Å²) in [4.78, 5) is 15.7. The summed E-state index contributed by atoms with van der Waals surface area (Å²) in [5.74, 6) is 5.58. The van der Waals surface area contributed by atoms with Crippen LogP contribution in [0.5, 0.6) is 0 Å². The number of amides is 1. The summed E-state index contributed by atoms with van der Waals surface area (Å²) in [7, 11) is 1.60. The Morgan fingerprint density at radius 1 is 1.53 bits per heavy atom. The maximum Gasteiger partial charge on any atom is 0.242 e. The number of carbonyl (C=O) groups excluding carboxylic acids is 1. The minimum atomic E-state index is -0.390. The molecule has 1 atom stereocenters. The monoisotopic (exact) mass is 245 g/mol. The Hall–Kier alpha value is -1.34. The van der Waals surface area contributed by atoms with Gasteiger partial charge in [0, 0.05) is 13.7 Å². The second-order valence-corrected chi connectivity index (χ2v) is 3.52. The van der Waals surface area contributed by atoms with E-state index in [1.807, 2.05) is 6.92 Å². The van der Waals surface area contributed by atoms with Crippen LogP contribution in [0, 0.1) is 0 Å². The molecule has 0 aromatic carbocycles. The van der Waals surface area contributed by atoms with E-state index in [4.69, 9.17) is 10.6 Å². The summed E-state index contributed by atoms with van der Waals surface area (Å²) < 4.78 is 4.86. The van der Waals surface area contributed by atoms with E-state index in [1.165, 1.54) is 0 Å². The molecule has 0 saturated heterocycles. The van der Waals surface area contributed by atoms with Crippen molar-refractivity contribution in [3.05, 3.63) is 0 Å². The van der Waals surface area contributed by atoms with Gasteiger partial charge in [0.05, 0.1) is 13.2 Å². The van der Waals surface area contributed by atoms with Crippen molar-refractivity contribution in [3.8, 4) is 0 Å². The first-order valence-corrected chi connectivity index (χ1v) is 5.69. The molecule has 0 heterocycles. The first-order chi connectivity index (χ1) is 8.15. The summed E-state index contributed by atoms with van der Waals surface area (Å²) in [5, 5.41) is 5.66. The van der Waals surface area contributed by atoms with Crippen molar-refractivity contribution in [2.24, 2.45) is 10.8 Å². The van der Waals surface area contributed by atoms with Gasteiger partial charge in [0.2, 0.25) is 11.9 Å². The normalized spacial score (nSPS) is 13.1. The topological polar surface area (TPSA) is 101 Å². The molecule has 0 aromatic heterocycles. The molecule has 0 aromatic rings. The van der Waals surface area contributed by atoms with Gasteiger partial charge in [-0.25, -0.2) is 10.8 Å². The van der Waals surface area contributed by atoms with Gasteiger partial charge in [0.25, 0.3) is 0 Å². The van der Waals surface area contributed by atoms with Crippen LogP contribution in [0.25, 0.3) is 0 Å². The van der Waals surface area contributed by atoms with E-state index in [-0.39, 0.29) is 11.9 Å². The fourth-order valence-electron chi connectivity index (χ4n) is 1.05. The van der Waals surface area contributed by atoms with Crippen molar-refractivity contribution in [3.63, 3.8) is 0 Å². The highest BCUT2D eigenvalue weighted by molar-refractivity contribution is 5.88. The van der Waals surface area contributed by atoms with Crippen LogP contribution in [0.3, 0.4) is 0 Å². The van der Waals surface area contributed by atoms with Gasteiger partial charge in [-0.2, -0.15) is 0 Å². The number of hydrazine groups is 1. The van der Waals surface area contributed by atoms with Gasteiger partial charge in [-0.15, -0.1) is 0 Å². The summed E-state index contributed by atoms with van der Waals surface area (Å²) in [5.41, 5.74) is 2.41. The van der Waals surface area contributed by atoms with E-state index in [0.29, 0.717) is 25.7 Å². The average molecular weight is 245 g/mol. The first-order valence-electron chi connectivity index (χ1n) is 5.69. The molecule has 0 radical (unpaired) electrons. The zero-order valence-corrected chi connectivity index (χ0v) is 10.7. The zero-order chi connectivity index (χ0) is 13.1. The summed E-state index contributed by atoms with van der Waals surface area (Å²) in [6.45, 7) is 5.39. The van der Waals surface area contributed by atoms with Gasteiger partial charge in [-0.3, -0.25) is 10.2 Å². The van der Waals surface area contributed by atoms with E-state index in [0.717, 1.165) is 6.42 Å². The number of carbonyl (C=O) groups is 1. The highest BCUT2D eigenvalue weighted by Crippen LogP contribution is 1.84. The minimum absolute atomic E-state index is 0.0819. The Bertz CT molecular complexity index is 245. The van der Waals surface area contributed by atoms with Gasteiger partial charge in [0.1, 0.15) is 6.04 Å². The van der Waals surface area contributed by atoms with E-state index < -0.39 is 0 Å². The van der Waals surface area contributed by atoms with Crippen LogP contribution in [0.15, 0.2) is 4.99 Å². The van der Waals surface area contributed by atoms with Crippen molar-refractivity contribution in [1.29, 1.82) is 0 Å². The van der Waals surface area contributed by atoms with Crippen LogP contribution in [0.1, 0.15) is 20.3 Å². The maximum atomic E-state index is 11.6. The van der Waals surface area contributed by atoms with Crippen molar-refractivity contribution in [2.75, 3.05) is 26.8 Å². The molecule has 1 amide bonds. The molecule has 7 heteroatoms. The van der Waals surface area contributed by atoms with Crippen LogP contribution in [0.2, 0.25) is 0 Å². The molecule has 0 fully saturated rings. The second kappa shape index (κ2) is 9.86. The largest absolute Gasteiger partial charge is 0.383 e. The maximum absolute atomic E-state index is 11.6. The van der Waals surface area contributed by atoms with Crippen molar-refractivity contribution < 1.29 is 9.53 Å². The highest BCUT2D eigenvalue weighted by atomic mass is 16.5. The van der Waals surface area contributed by atoms with E-state index >= 15 is 0 Å². The molecule has 1 unspecified atom stereocenters. The number of hydrogen-bond acceptors (Lipinski definition) is 4. The van der Waals surface area contributed by atoms with Gasteiger partial charge < -0.3 is 15.4 Å². The summed E-state index contributed by atoms with van der Waals surface area (Å²) >= 11 is 0. The number of nitrogens with one attached hydrogen (secondary N) is 3. The van der Waals surface area contributed by atoms with Crippen molar-refractivity contribution >= 4 is 11.9 Å². The van der Waals surface area contributed by atoms with Gasteiger partial charge in [-0.05, 0) is 13.3 Å². The minimum Gasteiger partial charge on any atom is -0.383 e. The van der Waals surface area contributed by atoms with Gasteiger partial charge in [0.15, 0.2) is 0 Å². The molecule has 0 aliphatic heterocycles. The third kappa shape index (κ3) is 7.53. The van der Waals surface area contributed by atoms with E-state index in [2.05, 4.69) is 21.1 Å². The van der Waals surface area contributed by atoms with Crippen molar-refractivity contribution in [1.82, 2.24) is 16.1 Å². The second-order valence-electron chi connectivity index (χ2n) is 3.52. The third-order valence-corrected chi connectivity index (χ3v) is 2.00. The molecular formula is C10H23N5O2. The van der Waals surface area contributed by atoms with Crippen LogP contribution < -0.4 is 21.9 Å². The molecule has 0 rings (SSSR count). The van der Waals surface area contributed by atoms with Crippen LogP contribution in [-0.4, -0.2) is 44.7 Å². The summed E-state index contributed by atoms with van der Waals surface area (Å²) in [6.07, 6.45) is 0.905. The number of guanidine groups is 1. The first kappa shape index (κ1) is 15.7. The lowest BCUT2D eigenvalue weighted by Crippen LogP contribution is -2.51. The predicted octanol–water partition coefficient (Wildman–Crippen LogP) is -1.04. The lowest BCUT2D eigenvalue weighted by Gasteiger charge is -2.16. The van der Waals surface area contributed by atoms with E-state index in [9.17, 15) is 4.79 Å². The fraction of sp³-hybridized carbons (Fsp3) is 0.800. The molecule has 5 N–H and O–H groups in total. The standard InChI is InChI=1S/C10H23N5O2/c1-4-5-12-9(16)8(2)14-10(15-11)13-6-7-17-3/h8H,4-7,11H2,1-3H3,(H,12,16)(H2,13,14,15). The Labute approximate surface area is 102 Å². The average Bonchev–Trinajstić information content (AvgIpc) is 2.34. The molecule has 100 valence electrons. The third-order valence-electron chi connectivity index (χ3n) is 2.00. The predicted molar refractivity (Wildman–Crippen MR) is 67.4 cm³/mol. The smallest absolute Gasteiger partial charge is 0.242 e. The molecule has 0 aliphatic carbocycles.